The SMILES string of the molecule is Cc1cn2cc(-c3cc(F)c(C(N)=O)s3)nc2c(C)n1. The van der Waals surface area contributed by atoms with Gasteiger partial charge < -0.3 is 10.1 Å². The van der Waals surface area contributed by atoms with Crippen LogP contribution < -0.4 is 5.73 Å². The summed E-state index contributed by atoms with van der Waals surface area (Å²) in [6.07, 6.45) is 3.63. The van der Waals surface area contributed by atoms with Crippen LogP contribution >= 0.6 is 11.3 Å². The molecule has 0 aliphatic carbocycles. The number of amides is 1. The van der Waals surface area contributed by atoms with E-state index >= 15 is 0 Å². The van der Waals surface area contributed by atoms with Crippen molar-refractivity contribution in [3.8, 4) is 10.6 Å². The second-order valence-electron chi connectivity index (χ2n) is 4.48. The fraction of sp³-hybridized carbons (Fsp3) is 0.154. The highest BCUT2D eigenvalue weighted by Gasteiger charge is 2.17. The second kappa shape index (κ2) is 4.38. The van der Waals surface area contributed by atoms with Crippen molar-refractivity contribution >= 4 is 22.9 Å². The van der Waals surface area contributed by atoms with Gasteiger partial charge in [-0.3, -0.25) is 9.78 Å². The molecule has 0 bridgehead atoms. The maximum Gasteiger partial charge on any atom is 0.261 e. The van der Waals surface area contributed by atoms with E-state index in [1.165, 1.54) is 6.07 Å². The lowest BCUT2D eigenvalue weighted by Gasteiger charge is -1.98. The summed E-state index contributed by atoms with van der Waals surface area (Å²) in [7, 11) is 0. The minimum Gasteiger partial charge on any atom is -0.365 e. The lowest BCUT2D eigenvalue weighted by Crippen LogP contribution is -2.10. The van der Waals surface area contributed by atoms with Crippen molar-refractivity contribution in [1.82, 2.24) is 14.4 Å². The summed E-state index contributed by atoms with van der Waals surface area (Å²) in [4.78, 5) is 20.3. The van der Waals surface area contributed by atoms with Crippen LogP contribution in [0.4, 0.5) is 4.39 Å². The number of imidazole rings is 1. The zero-order valence-corrected chi connectivity index (χ0v) is 11.7. The van der Waals surface area contributed by atoms with Gasteiger partial charge in [0.05, 0.1) is 22.0 Å². The quantitative estimate of drug-likeness (QED) is 0.787. The number of rotatable bonds is 2. The molecule has 0 unspecified atom stereocenters. The third-order valence-corrected chi connectivity index (χ3v) is 4.04. The van der Waals surface area contributed by atoms with Crippen LogP contribution in [0.3, 0.4) is 0 Å². The Morgan fingerprint density at radius 1 is 1.35 bits per heavy atom. The zero-order chi connectivity index (χ0) is 14.4. The molecule has 102 valence electrons. The molecule has 0 fully saturated rings. The van der Waals surface area contributed by atoms with Crippen LogP contribution in [0, 0.1) is 19.7 Å². The van der Waals surface area contributed by atoms with E-state index in [4.69, 9.17) is 5.73 Å². The molecule has 3 rings (SSSR count). The smallest absolute Gasteiger partial charge is 0.261 e. The summed E-state index contributed by atoms with van der Waals surface area (Å²) in [6.45, 7) is 3.76. The van der Waals surface area contributed by atoms with E-state index < -0.39 is 11.7 Å². The Bertz CT molecular complexity index is 836. The van der Waals surface area contributed by atoms with E-state index in [9.17, 15) is 9.18 Å². The molecule has 0 aliphatic rings. The Balaban J connectivity index is 2.17. The number of aromatic nitrogens is 3. The number of thiophene rings is 1. The van der Waals surface area contributed by atoms with Gasteiger partial charge in [0.25, 0.3) is 5.91 Å². The standard InChI is InChI=1S/C13H11FN4OS/c1-6-4-18-5-9(17-13(18)7(2)16-6)10-3-8(14)11(20-10)12(15)19/h3-5H,1-2H3,(H2,15,19). The first kappa shape index (κ1) is 12.7. The molecule has 0 aromatic carbocycles. The first-order chi connectivity index (χ1) is 9.45. The topological polar surface area (TPSA) is 73.3 Å². The largest absolute Gasteiger partial charge is 0.365 e. The van der Waals surface area contributed by atoms with Crippen molar-refractivity contribution < 1.29 is 9.18 Å². The predicted octanol–water partition coefficient (Wildman–Crippen LogP) is 2.31. The number of halogens is 1. The zero-order valence-electron chi connectivity index (χ0n) is 10.8. The van der Waals surface area contributed by atoms with Crippen molar-refractivity contribution in [2.45, 2.75) is 13.8 Å². The van der Waals surface area contributed by atoms with Gasteiger partial charge in [0.15, 0.2) is 5.65 Å². The summed E-state index contributed by atoms with van der Waals surface area (Å²) in [5.41, 5.74) is 8.09. The van der Waals surface area contributed by atoms with Crippen molar-refractivity contribution in [1.29, 1.82) is 0 Å². The molecular weight excluding hydrogens is 279 g/mol. The first-order valence-electron chi connectivity index (χ1n) is 5.88. The number of carbonyl (C=O) groups is 1. The van der Waals surface area contributed by atoms with Gasteiger partial charge in [0.1, 0.15) is 10.7 Å². The van der Waals surface area contributed by atoms with Gasteiger partial charge in [-0.25, -0.2) is 9.37 Å². The Morgan fingerprint density at radius 3 is 2.75 bits per heavy atom. The molecule has 0 saturated heterocycles. The second-order valence-corrected chi connectivity index (χ2v) is 5.53. The average Bonchev–Trinajstić information content (AvgIpc) is 2.92. The van der Waals surface area contributed by atoms with E-state index in [2.05, 4.69) is 9.97 Å². The van der Waals surface area contributed by atoms with Gasteiger partial charge in [-0.15, -0.1) is 11.3 Å². The number of nitrogens with zero attached hydrogens (tertiary/aromatic N) is 3. The molecule has 0 radical (unpaired) electrons. The van der Waals surface area contributed by atoms with Crippen LogP contribution in [0.2, 0.25) is 0 Å². The molecule has 0 aliphatic heterocycles. The summed E-state index contributed by atoms with van der Waals surface area (Å²) >= 11 is 1.00. The molecule has 7 heteroatoms. The fourth-order valence-electron chi connectivity index (χ4n) is 2.09. The van der Waals surface area contributed by atoms with Gasteiger partial charge in [0.2, 0.25) is 0 Å². The summed E-state index contributed by atoms with van der Waals surface area (Å²) in [5.74, 6) is -1.38. The van der Waals surface area contributed by atoms with Crippen LogP contribution in [-0.2, 0) is 0 Å². The molecule has 5 nitrogen and oxygen atoms in total. The lowest BCUT2D eigenvalue weighted by atomic mass is 10.3. The molecule has 3 heterocycles. The van der Waals surface area contributed by atoms with E-state index in [1.54, 1.807) is 6.20 Å². The van der Waals surface area contributed by atoms with Crippen LogP contribution in [0.5, 0.6) is 0 Å². The van der Waals surface area contributed by atoms with Crippen molar-refractivity contribution in [2.75, 3.05) is 0 Å². The average molecular weight is 290 g/mol. The van der Waals surface area contributed by atoms with Crippen molar-refractivity contribution in [2.24, 2.45) is 5.73 Å². The molecule has 0 atom stereocenters. The third kappa shape index (κ3) is 1.96. The number of hydrogen-bond acceptors (Lipinski definition) is 4. The summed E-state index contributed by atoms with van der Waals surface area (Å²) < 4.78 is 15.4. The molecule has 3 aromatic heterocycles. The number of primary amides is 1. The van der Waals surface area contributed by atoms with E-state index in [-0.39, 0.29) is 4.88 Å². The van der Waals surface area contributed by atoms with E-state index in [0.717, 1.165) is 22.7 Å². The van der Waals surface area contributed by atoms with Gasteiger partial charge in [0, 0.05) is 12.4 Å². The lowest BCUT2D eigenvalue weighted by molar-refractivity contribution is 0.100. The van der Waals surface area contributed by atoms with E-state index in [0.29, 0.717) is 16.2 Å². The summed E-state index contributed by atoms with van der Waals surface area (Å²) in [5, 5.41) is 0. The number of hydrogen-bond donors (Lipinski definition) is 1. The van der Waals surface area contributed by atoms with Crippen molar-refractivity contribution in [3.63, 3.8) is 0 Å². The van der Waals surface area contributed by atoms with Gasteiger partial charge in [-0.2, -0.15) is 0 Å². The predicted molar refractivity (Wildman–Crippen MR) is 74.2 cm³/mol. The molecule has 0 saturated carbocycles. The van der Waals surface area contributed by atoms with Gasteiger partial charge in [-0.05, 0) is 19.9 Å². The van der Waals surface area contributed by atoms with Crippen LogP contribution in [0.15, 0.2) is 18.5 Å². The molecule has 2 N–H and O–H groups in total. The van der Waals surface area contributed by atoms with Crippen molar-refractivity contribution in [3.05, 3.63) is 40.5 Å². The number of nitrogens with two attached hydrogens (primary N) is 1. The number of aryl methyl sites for hydroxylation is 2. The maximum atomic E-state index is 13.6. The third-order valence-electron chi connectivity index (χ3n) is 2.89. The molecule has 3 aromatic rings. The van der Waals surface area contributed by atoms with Gasteiger partial charge in [-0.1, -0.05) is 0 Å². The van der Waals surface area contributed by atoms with E-state index in [1.807, 2.05) is 24.4 Å². The maximum absolute atomic E-state index is 13.6. The van der Waals surface area contributed by atoms with Crippen LogP contribution in [0.1, 0.15) is 21.1 Å². The minimum absolute atomic E-state index is 0.0805. The highest BCUT2D eigenvalue weighted by Crippen LogP contribution is 2.30. The number of carbonyl (C=O) groups excluding carboxylic acids is 1. The van der Waals surface area contributed by atoms with Crippen LogP contribution in [0.25, 0.3) is 16.2 Å². The number of fused-ring (bicyclic) bond motifs is 1. The normalized spacial score (nSPS) is 11.2. The van der Waals surface area contributed by atoms with Crippen LogP contribution in [-0.4, -0.2) is 20.3 Å². The minimum atomic E-state index is -0.767. The molecule has 1 amide bonds. The highest BCUT2D eigenvalue weighted by molar-refractivity contribution is 7.17. The Morgan fingerprint density at radius 2 is 2.10 bits per heavy atom. The molecule has 0 spiro atoms. The first-order valence-corrected chi connectivity index (χ1v) is 6.70. The monoisotopic (exact) mass is 290 g/mol. The molecule has 20 heavy (non-hydrogen) atoms. The Kier molecular flexibility index (Phi) is 2.79. The van der Waals surface area contributed by atoms with Gasteiger partial charge >= 0.3 is 0 Å². The fourth-order valence-corrected chi connectivity index (χ4v) is 2.93. The Hall–Kier alpha value is -2.28. The summed E-state index contributed by atoms with van der Waals surface area (Å²) in [6, 6.07) is 1.28. The molecular formula is C13H11FN4OS. The highest BCUT2D eigenvalue weighted by atomic mass is 32.1. The Labute approximate surface area is 117 Å².